The zero-order chi connectivity index (χ0) is 16.4. The number of carbonyl (C=O) groups is 1. The van der Waals surface area contributed by atoms with Gasteiger partial charge in [-0.1, -0.05) is 45.7 Å². The number of thiophene rings is 1. The Morgan fingerprint density at radius 3 is 2.87 bits per heavy atom. The van der Waals surface area contributed by atoms with Crippen molar-refractivity contribution >= 4 is 61.1 Å². The third-order valence-corrected chi connectivity index (χ3v) is 5.27. The first kappa shape index (κ1) is 16.0. The molecule has 4 nitrogen and oxygen atoms in total. The Kier molecular flexibility index (Phi) is 4.66. The van der Waals surface area contributed by atoms with Crippen LogP contribution in [0.15, 0.2) is 52.0 Å². The summed E-state index contributed by atoms with van der Waals surface area (Å²) in [7, 11) is 0. The first-order valence-electron chi connectivity index (χ1n) is 6.55. The molecule has 116 valence electrons. The van der Waals surface area contributed by atoms with Gasteiger partial charge >= 0.3 is 0 Å². The van der Waals surface area contributed by atoms with Gasteiger partial charge in [0.15, 0.2) is 0 Å². The van der Waals surface area contributed by atoms with E-state index in [0.29, 0.717) is 15.5 Å². The van der Waals surface area contributed by atoms with Crippen LogP contribution in [0.3, 0.4) is 0 Å². The van der Waals surface area contributed by atoms with Crippen LogP contribution in [0, 0.1) is 0 Å². The van der Waals surface area contributed by atoms with E-state index in [4.69, 9.17) is 11.6 Å². The summed E-state index contributed by atoms with van der Waals surface area (Å²) in [6, 6.07) is 12.5. The molecule has 0 saturated heterocycles. The summed E-state index contributed by atoms with van der Waals surface area (Å²) < 4.78 is 1.74. The van der Waals surface area contributed by atoms with Crippen molar-refractivity contribution in [1.29, 1.82) is 0 Å². The highest BCUT2D eigenvalue weighted by Crippen LogP contribution is 2.34. The Bertz CT molecular complexity index is 924. The number of nitrogens with one attached hydrogen (secondary N) is 1. The van der Waals surface area contributed by atoms with Gasteiger partial charge in [0, 0.05) is 20.1 Å². The number of halogens is 2. The molecule has 1 aromatic heterocycles. The molecule has 0 saturated carbocycles. The summed E-state index contributed by atoms with van der Waals surface area (Å²) >= 11 is 10.9. The highest BCUT2D eigenvalue weighted by Gasteiger charge is 2.16. The van der Waals surface area contributed by atoms with Gasteiger partial charge < -0.3 is 5.11 Å². The quantitative estimate of drug-likeness (QED) is 0.483. The van der Waals surface area contributed by atoms with E-state index >= 15 is 0 Å². The SMILES string of the molecule is O=C(N/N=C/c1cc(Br)ccc1O)c1sc2ccccc2c1Cl. The van der Waals surface area contributed by atoms with Crippen LogP contribution in [0.5, 0.6) is 5.75 Å². The van der Waals surface area contributed by atoms with Crippen molar-refractivity contribution in [2.75, 3.05) is 0 Å². The minimum atomic E-state index is -0.387. The summed E-state index contributed by atoms with van der Waals surface area (Å²) in [5.74, 6) is -0.312. The standard InChI is InChI=1S/C16H10BrClN2O2S/c17-10-5-6-12(21)9(7-10)8-19-20-16(22)15-14(18)11-3-1-2-4-13(11)23-15/h1-8,21H,(H,20,22)/b19-8+. The third kappa shape index (κ3) is 3.39. The zero-order valence-electron chi connectivity index (χ0n) is 11.6. The van der Waals surface area contributed by atoms with Crippen molar-refractivity contribution in [3.8, 4) is 5.75 Å². The Morgan fingerprint density at radius 2 is 2.09 bits per heavy atom. The van der Waals surface area contributed by atoms with Crippen LogP contribution in [-0.2, 0) is 0 Å². The van der Waals surface area contributed by atoms with Crippen molar-refractivity contribution < 1.29 is 9.90 Å². The lowest BCUT2D eigenvalue weighted by Crippen LogP contribution is -2.16. The van der Waals surface area contributed by atoms with Crippen LogP contribution < -0.4 is 5.43 Å². The largest absolute Gasteiger partial charge is 0.507 e. The van der Waals surface area contributed by atoms with E-state index in [1.165, 1.54) is 23.6 Å². The summed E-state index contributed by atoms with van der Waals surface area (Å²) in [6.07, 6.45) is 1.37. The maximum Gasteiger partial charge on any atom is 0.283 e. The second-order valence-electron chi connectivity index (χ2n) is 4.64. The lowest BCUT2D eigenvalue weighted by molar-refractivity contribution is 0.0959. The van der Waals surface area contributed by atoms with E-state index in [-0.39, 0.29) is 11.7 Å². The molecule has 0 radical (unpaired) electrons. The minimum absolute atomic E-state index is 0.0751. The van der Waals surface area contributed by atoms with Gasteiger partial charge in [-0.25, -0.2) is 5.43 Å². The predicted octanol–water partition coefficient (Wildman–Crippen LogP) is 4.79. The molecule has 0 bridgehead atoms. The van der Waals surface area contributed by atoms with Gasteiger partial charge in [0.2, 0.25) is 0 Å². The molecule has 23 heavy (non-hydrogen) atoms. The smallest absolute Gasteiger partial charge is 0.283 e. The molecule has 0 unspecified atom stereocenters. The molecule has 0 aliphatic carbocycles. The van der Waals surface area contributed by atoms with Crippen LogP contribution in [0.25, 0.3) is 10.1 Å². The van der Waals surface area contributed by atoms with Crippen LogP contribution in [0.2, 0.25) is 5.02 Å². The lowest BCUT2D eigenvalue weighted by Gasteiger charge is -2.00. The molecule has 2 N–H and O–H groups in total. The van der Waals surface area contributed by atoms with Crippen molar-refractivity contribution in [2.45, 2.75) is 0 Å². The molecule has 0 aliphatic rings. The molecular weight excluding hydrogens is 400 g/mol. The number of benzene rings is 2. The number of fused-ring (bicyclic) bond motifs is 1. The van der Waals surface area contributed by atoms with Gasteiger partial charge in [0.25, 0.3) is 5.91 Å². The summed E-state index contributed by atoms with van der Waals surface area (Å²) in [5, 5.41) is 14.9. The van der Waals surface area contributed by atoms with Gasteiger partial charge in [0.1, 0.15) is 10.6 Å². The average Bonchev–Trinajstić information content (AvgIpc) is 2.88. The van der Waals surface area contributed by atoms with Crippen molar-refractivity contribution in [2.24, 2.45) is 5.10 Å². The van der Waals surface area contributed by atoms with Crippen LogP contribution in [0.1, 0.15) is 15.2 Å². The highest BCUT2D eigenvalue weighted by molar-refractivity contribution is 9.10. The van der Waals surface area contributed by atoms with E-state index in [9.17, 15) is 9.90 Å². The third-order valence-electron chi connectivity index (χ3n) is 3.10. The topological polar surface area (TPSA) is 61.7 Å². The zero-order valence-corrected chi connectivity index (χ0v) is 14.7. The fourth-order valence-corrected chi connectivity index (χ4v) is 3.79. The average molecular weight is 410 g/mol. The molecule has 1 amide bonds. The molecule has 7 heteroatoms. The number of hydrogen-bond acceptors (Lipinski definition) is 4. The Hall–Kier alpha value is -1.89. The first-order chi connectivity index (χ1) is 11.1. The number of hydrogen-bond donors (Lipinski definition) is 2. The molecule has 1 heterocycles. The monoisotopic (exact) mass is 408 g/mol. The second-order valence-corrected chi connectivity index (χ2v) is 6.99. The van der Waals surface area contributed by atoms with Gasteiger partial charge in [0.05, 0.1) is 11.2 Å². The molecule has 3 rings (SSSR count). The fourth-order valence-electron chi connectivity index (χ4n) is 2.00. The number of nitrogens with zero attached hydrogens (tertiary/aromatic N) is 1. The van der Waals surface area contributed by atoms with Gasteiger partial charge in [-0.2, -0.15) is 5.10 Å². The van der Waals surface area contributed by atoms with Crippen LogP contribution >= 0.6 is 38.9 Å². The lowest BCUT2D eigenvalue weighted by atomic mass is 10.2. The number of rotatable bonds is 3. The maximum absolute atomic E-state index is 12.2. The molecular formula is C16H10BrClN2O2S. The molecule has 0 aliphatic heterocycles. The maximum atomic E-state index is 12.2. The Balaban J connectivity index is 1.80. The fraction of sp³-hybridized carbons (Fsp3) is 0. The number of carbonyl (C=O) groups excluding carboxylic acids is 1. The predicted molar refractivity (Wildman–Crippen MR) is 97.7 cm³/mol. The number of phenols is 1. The Morgan fingerprint density at radius 1 is 1.30 bits per heavy atom. The number of hydrazone groups is 1. The highest BCUT2D eigenvalue weighted by atomic mass is 79.9. The van der Waals surface area contributed by atoms with Crippen LogP contribution in [0.4, 0.5) is 0 Å². The molecule has 0 fully saturated rings. The number of amides is 1. The van der Waals surface area contributed by atoms with E-state index < -0.39 is 0 Å². The van der Waals surface area contributed by atoms with Crippen molar-refractivity contribution in [3.63, 3.8) is 0 Å². The summed E-state index contributed by atoms with van der Waals surface area (Å²) in [4.78, 5) is 12.6. The van der Waals surface area contributed by atoms with Gasteiger partial charge in [-0.05, 0) is 24.3 Å². The Labute approximate surface area is 149 Å². The number of phenolic OH excluding ortho intramolecular Hbond substituents is 1. The van der Waals surface area contributed by atoms with E-state index in [2.05, 4.69) is 26.5 Å². The molecule has 0 spiro atoms. The molecule has 3 aromatic rings. The minimum Gasteiger partial charge on any atom is -0.507 e. The normalized spacial score (nSPS) is 11.2. The van der Waals surface area contributed by atoms with E-state index in [1.54, 1.807) is 12.1 Å². The summed E-state index contributed by atoms with van der Waals surface area (Å²) in [5.41, 5.74) is 2.91. The van der Waals surface area contributed by atoms with Crippen LogP contribution in [-0.4, -0.2) is 17.2 Å². The van der Waals surface area contributed by atoms with Crippen molar-refractivity contribution in [3.05, 3.63) is 62.4 Å². The first-order valence-corrected chi connectivity index (χ1v) is 8.54. The van der Waals surface area contributed by atoms with Crippen molar-refractivity contribution in [1.82, 2.24) is 5.43 Å². The van der Waals surface area contributed by atoms with E-state index in [1.807, 2.05) is 24.3 Å². The second kappa shape index (κ2) is 6.70. The van der Waals surface area contributed by atoms with Gasteiger partial charge in [-0.15, -0.1) is 11.3 Å². The molecule has 0 atom stereocenters. The van der Waals surface area contributed by atoms with E-state index in [0.717, 1.165) is 14.6 Å². The van der Waals surface area contributed by atoms with Gasteiger partial charge in [-0.3, -0.25) is 4.79 Å². The number of aromatic hydroxyl groups is 1. The summed E-state index contributed by atoms with van der Waals surface area (Å²) in [6.45, 7) is 0. The molecule has 2 aromatic carbocycles.